The van der Waals surface area contributed by atoms with Gasteiger partial charge in [0.15, 0.2) is 0 Å². The van der Waals surface area contributed by atoms with Crippen LogP contribution in [-0.4, -0.2) is 13.8 Å². The Kier molecular flexibility index (Phi) is 5.36. The first-order valence-corrected chi connectivity index (χ1v) is 10.0. The molecule has 0 saturated carbocycles. The molecule has 0 fully saturated rings. The van der Waals surface area contributed by atoms with E-state index in [1.807, 2.05) is 11.8 Å². The summed E-state index contributed by atoms with van der Waals surface area (Å²) in [5.41, 5.74) is 0. The second-order valence-corrected chi connectivity index (χ2v) is 10.4. The predicted molar refractivity (Wildman–Crippen MR) is 80.1 cm³/mol. The summed E-state index contributed by atoms with van der Waals surface area (Å²) in [4.78, 5) is 0. The SMILES string of the molecule is CC/C=C(\SCC)[Si](C)(C)c1ccccc1. The van der Waals surface area contributed by atoms with Crippen molar-refractivity contribution in [3.05, 3.63) is 40.9 Å². The van der Waals surface area contributed by atoms with Gasteiger partial charge in [0.05, 0.1) is 0 Å². The predicted octanol–water partition coefficient (Wildman–Crippen LogP) is 4.19. The van der Waals surface area contributed by atoms with E-state index < -0.39 is 8.07 Å². The number of thioether (sulfide) groups is 1. The molecule has 88 valence electrons. The van der Waals surface area contributed by atoms with Crippen molar-refractivity contribution in [2.45, 2.75) is 33.4 Å². The van der Waals surface area contributed by atoms with Crippen molar-refractivity contribution in [2.24, 2.45) is 0 Å². The van der Waals surface area contributed by atoms with Gasteiger partial charge in [-0.15, -0.1) is 11.8 Å². The molecule has 2 heteroatoms. The molecule has 0 aliphatic carbocycles. The Morgan fingerprint density at radius 3 is 2.31 bits per heavy atom. The molecule has 0 aliphatic rings. The first-order valence-electron chi connectivity index (χ1n) is 6.01. The van der Waals surface area contributed by atoms with Crippen LogP contribution in [0.2, 0.25) is 13.1 Å². The fourth-order valence-corrected chi connectivity index (χ4v) is 6.68. The first-order chi connectivity index (χ1) is 7.62. The Hall–Kier alpha value is -0.473. The molecule has 0 amide bonds. The molecule has 1 aromatic carbocycles. The average molecular weight is 250 g/mol. The summed E-state index contributed by atoms with van der Waals surface area (Å²) >= 11 is 2.03. The zero-order valence-electron chi connectivity index (χ0n) is 10.8. The first kappa shape index (κ1) is 13.6. The van der Waals surface area contributed by atoms with Crippen LogP contribution in [0.3, 0.4) is 0 Å². The van der Waals surface area contributed by atoms with E-state index in [0.717, 1.165) is 6.42 Å². The lowest BCUT2D eigenvalue weighted by atomic mass is 10.4. The van der Waals surface area contributed by atoms with Crippen LogP contribution in [0.25, 0.3) is 0 Å². The largest absolute Gasteiger partial charge is 0.135 e. The third-order valence-corrected chi connectivity index (χ3v) is 8.74. The highest BCUT2D eigenvalue weighted by Crippen LogP contribution is 2.27. The molecule has 0 bridgehead atoms. The Bertz CT molecular complexity index is 341. The fourth-order valence-electron chi connectivity index (χ4n) is 1.83. The lowest BCUT2D eigenvalue weighted by Crippen LogP contribution is -2.42. The maximum atomic E-state index is 2.45. The van der Waals surface area contributed by atoms with E-state index in [9.17, 15) is 0 Å². The zero-order valence-corrected chi connectivity index (χ0v) is 12.6. The highest BCUT2D eigenvalue weighted by molar-refractivity contribution is 8.05. The Morgan fingerprint density at radius 1 is 1.19 bits per heavy atom. The maximum absolute atomic E-state index is 2.45. The molecule has 0 spiro atoms. The van der Waals surface area contributed by atoms with Crippen LogP contribution in [-0.2, 0) is 0 Å². The molecule has 0 aromatic heterocycles. The smallest absolute Gasteiger partial charge is 0.119 e. The highest BCUT2D eigenvalue weighted by Gasteiger charge is 2.27. The number of hydrogen-bond donors (Lipinski definition) is 0. The molecule has 0 nitrogen and oxygen atoms in total. The normalized spacial score (nSPS) is 12.9. The third-order valence-electron chi connectivity index (χ3n) is 2.80. The molecule has 1 aromatic rings. The zero-order chi connectivity index (χ0) is 12.0. The van der Waals surface area contributed by atoms with Crippen molar-refractivity contribution < 1.29 is 0 Å². The van der Waals surface area contributed by atoms with Gasteiger partial charge < -0.3 is 0 Å². The van der Waals surface area contributed by atoms with Gasteiger partial charge in [0.2, 0.25) is 0 Å². The van der Waals surface area contributed by atoms with Crippen LogP contribution < -0.4 is 5.19 Å². The van der Waals surface area contributed by atoms with E-state index in [4.69, 9.17) is 0 Å². The molecular weight excluding hydrogens is 228 g/mol. The molecule has 0 unspecified atom stereocenters. The van der Waals surface area contributed by atoms with Crippen molar-refractivity contribution in [3.63, 3.8) is 0 Å². The summed E-state index contributed by atoms with van der Waals surface area (Å²) in [7, 11) is -1.43. The van der Waals surface area contributed by atoms with E-state index in [2.05, 4.69) is 63.3 Å². The van der Waals surface area contributed by atoms with Crippen molar-refractivity contribution in [2.75, 3.05) is 5.75 Å². The molecule has 0 aliphatic heterocycles. The van der Waals surface area contributed by atoms with Gasteiger partial charge in [-0.3, -0.25) is 0 Å². The van der Waals surface area contributed by atoms with Gasteiger partial charge in [-0.2, -0.15) is 0 Å². The van der Waals surface area contributed by atoms with Crippen LogP contribution in [0.1, 0.15) is 20.3 Å². The molecule has 0 N–H and O–H groups in total. The maximum Gasteiger partial charge on any atom is 0.119 e. The highest BCUT2D eigenvalue weighted by atomic mass is 32.2. The number of benzene rings is 1. The summed E-state index contributed by atoms with van der Waals surface area (Å²) in [5, 5.41) is 1.54. The van der Waals surface area contributed by atoms with Crippen LogP contribution in [0.4, 0.5) is 0 Å². The van der Waals surface area contributed by atoms with Crippen LogP contribution in [0.15, 0.2) is 40.9 Å². The van der Waals surface area contributed by atoms with Gasteiger partial charge in [-0.25, -0.2) is 0 Å². The summed E-state index contributed by atoms with van der Waals surface area (Å²) in [6, 6.07) is 11.0. The second kappa shape index (κ2) is 6.31. The summed E-state index contributed by atoms with van der Waals surface area (Å²) < 4.78 is 1.63. The molecule has 1 rings (SSSR count). The third kappa shape index (κ3) is 3.26. The monoisotopic (exact) mass is 250 g/mol. The minimum Gasteiger partial charge on any atom is -0.135 e. The summed E-state index contributed by atoms with van der Waals surface area (Å²) in [6.45, 7) is 9.37. The summed E-state index contributed by atoms with van der Waals surface area (Å²) in [5.74, 6) is 1.18. The van der Waals surface area contributed by atoms with E-state index in [-0.39, 0.29) is 0 Å². The van der Waals surface area contributed by atoms with E-state index >= 15 is 0 Å². The van der Waals surface area contributed by atoms with Gasteiger partial charge in [0.1, 0.15) is 8.07 Å². The van der Waals surface area contributed by atoms with E-state index in [0.29, 0.717) is 0 Å². The standard InChI is InChI=1S/C14H22SSi/c1-5-10-14(15-6-2)16(3,4)13-11-8-7-9-12-13/h7-12H,5-6H2,1-4H3/b14-10+. The van der Waals surface area contributed by atoms with Gasteiger partial charge in [0, 0.05) is 0 Å². The van der Waals surface area contributed by atoms with Crippen molar-refractivity contribution in [1.82, 2.24) is 0 Å². The fraction of sp³-hybridized carbons (Fsp3) is 0.429. The lowest BCUT2D eigenvalue weighted by molar-refractivity contribution is 1.22. The molecule has 16 heavy (non-hydrogen) atoms. The van der Waals surface area contributed by atoms with Crippen LogP contribution in [0.5, 0.6) is 0 Å². The molecule has 0 saturated heterocycles. The van der Waals surface area contributed by atoms with Gasteiger partial charge in [-0.1, -0.05) is 68.5 Å². The van der Waals surface area contributed by atoms with Gasteiger partial charge in [0.25, 0.3) is 0 Å². The minimum atomic E-state index is -1.43. The van der Waals surface area contributed by atoms with Crippen LogP contribution >= 0.6 is 11.8 Å². The van der Waals surface area contributed by atoms with Crippen molar-refractivity contribution in [3.8, 4) is 0 Å². The number of hydrogen-bond acceptors (Lipinski definition) is 1. The van der Waals surface area contributed by atoms with Crippen LogP contribution in [0, 0.1) is 0 Å². The molecule has 0 radical (unpaired) electrons. The number of rotatable bonds is 5. The van der Waals surface area contributed by atoms with E-state index in [1.54, 1.807) is 4.53 Å². The van der Waals surface area contributed by atoms with Crippen molar-refractivity contribution >= 4 is 25.0 Å². The van der Waals surface area contributed by atoms with Gasteiger partial charge >= 0.3 is 0 Å². The van der Waals surface area contributed by atoms with E-state index in [1.165, 1.54) is 10.9 Å². The number of allylic oxidation sites excluding steroid dienone is 1. The Labute approximate surface area is 105 Å². The quantitative estimate of drug-likeness (QED) is 0.706. The molecule has 0 atom stereocenters. The Morgan fingerprint density at radius 2 is 1.81 bits per heavy atom. The Balaban J connectivity index is 3.03. The average Bonchev–Trinajstić information content (AvgIpc) is 2.30. The van der Waals surface area contributed by atoms with Crippen molar-refractivity contribution in [1.29, 1.82) is 0 Å². The topological polar surface area (TPSA) is 0 Å². The minimum absolute atomic E-state index is 1.14. The molecular formula is C14H22SSi. The summed E-state index contributed by atoms with van der Waals surface area (Å²) in [6.07, 6.45) is 3.57. The van der Waals surface area contributed by atoms with Gasteiger partial charge in [-0.05, 0) is 16.7 Å². The lowest BCUT2D eigenvalue weighted by Gasteiger charge is -2.26. The molecule has 0 heterocycles. The second-order valence-electron chi connectivity index (χ2n) is 4.40.